The second kappa shape index (κ2) is 7.12. The molecule has 2 rings (SSSR count). The third kappa shape index (κ3) is 3.19. The Morgan fingerprint density at radius 3 is 2.62 bits per heavy atom. The van der Waals surface area contributed by atoms with Crippen LogP contribution in [0.5, 0.6) is 0 Å². The average Bonchev–Trinajstić information content (AvgIpc) is 2.91. The van der Waals surface area contributed by atoms with Gasteiger partial charge in [-0.25, -0.2) is 14.6 Å². The molecule has 0 aliphatic carbocycles. The molecule has 0 radical (unpaired) electrons. The zero-order valence-electron chi connectivity index (χ0n) is 14.3. The van der Waals surface area contributed by atoms with Crippen molar-refractivity contribution in [1.29, 1.82) is 0 Å². The largest absolute Gasteiger partial charge is 0.465 e. The van der Waals surface area contributed by atoms with E-state index in [1.165, 1.54) is 18.0 Å². The molecule has 0 N–H and O–H groups in total. The Kier molecular flexibility index (Phi) is 5.38. The molecule has 0 bridgehead atoms. The number of rotatable bonds is 5. The minimum Gasteiger partial charge on any atom is -0.465 e. The zero-order valence-corrected chi connectivity index (χ0v) is 15.1. The summed E-state index contributed by atoms with van der Waals surface area (Å²) in [5.41, 5.74) is 0.133. The molecule has 2 aromatic rings. The Balaban J connectivity index is 2.48. The first-order chi connectivity index (χ1) is 11.3. The third-order valence-electron chi connectivity index (χ3n) is 3.90. The molecule has 130 valence electrons. The molecule has 0 aliphatic heterocycles. The smallest absolute Gasteiger partial charge is 0.348 e. The molecule has 0 unspecified atom stereocenters. The Morgan fingerprint density at radius 1 is 1.38 bits per heavy atom. The summed E-state index contributed by atoms with van der Waals surface area (Å²) in [6.45, 7) is 6.95. The van der Waals surface area contributed by atoms with Crippen molar-refractivity contribution in [3.05, 3.63) is 27.1 Å². The van der Waals surface area contributed by atoms with Gasteiger partial charge in [-0.1, -0.05) is 6.92 Å². The fourth-order valence-electron chi connectivity index (χ4n) is 2.19. The normalized spacial score (nSPS) is 13.5. The van der Waals surface area contributed by atoms with Gasteiger partial charge >= 0.3 is 11.9 Å². The van der Waals surface area contributed by atoms with E-state index in [2.05, 4.69) is 4.98 Å². The van der Waals surface area contributed by atoms with Crippen LogP contribution in [0.2, 0.25) is 0 Å². The number of carbonyl (C=O) groups is 2. The quantitative estimate of drug-likeness (QED) is 0.768. The topological polar surface area (TPSA) is 87.5 Å². The number of ether oxygens (including phenoxy) is 2. The number of nitrogens with zero attached hydrogens (tertiary/aromatic N) is 2. The van der Waals surface area contributed by atoms with Gasteiger partial charge in [-0.3, -0.25) is 9.36 Å². The number of hydrogen-bond donors (Lipinski definition) is 0. The summed E-state index contributed by atoms with van der Waals surface area (Å²) >= 11 is 1.10. The number of carbonyl (C=O) groups excluding carboxylic acids is 2. The highest BCUT2D eigenvalue weighted by molar-refractivity contribution is 7.20. The predicted molar refractivity (Wildman–Crippen MR) is 90.5 cm³/mol. The van der Waals surface area contributed by atoms with Crippen LogP contribution in [0.25, 0.3) is 10.2 Å². The van der Waals surface area contributed by atoms with Gasteiger partial charge in [-0.05, 0) is 32.8 Å². The fraction of sp³-hybridized carbons (Fsp3) is 0.500. The molecule has 2 aromatic heterocycles. The highest BCUT2D eigenvalue weighted by Gasteiger charge is 2.24. The Labute approximate surface area is 143 Å². The van der Waals surface area contributed by atoms with Gasteiger partial charge in [0.1, 0.15) is 15.7 Å². The number of esters is 2. The first-order valence-corrected chi connectivity index (χ1v) is 8.42. The second-order valence-electron chi connectivity index (χ2n) is 5.52. The van der Waals surface area contributed by atoms with Gasteiger partial charge in [0.15, 0.2) is 0 Å². The van der Waals surface area contributed by atoms with Gasteiger partial charge in [0, 0.05) is 0 Å². The number of hydrogen-bond acceptors (Lipinski definition) is 7. The lowest BCUT2D eigenvalue weighted by molar-refractivity contribution is -0.152. The van der Waals surface area contributed by atoms with E-state index in [0.29, 0.717) is 27.1 Å². The number of thiophene rings is 1. The van der Waals surface area contributed by atoms with Crippen molar-refractivity contribution >= 4 is 33.5 Å². The molecular formula is C16H20N2O5S. The van der Waals surface area contributed by atoms with Gasteiger partial charge in [0.25, 0.3) is 5.56 Å². The molecule has 0 saturated carbocycles. The van der Waals surface area contributed by atoms with Crippen LogP contribution in [0.15, 0.2) is 11.1 Å². The van der Waals surface area contributed by atoms with Gasteiger partial charge in [0.05, 0.1) is 24.9 Å². The van der Waals surface area contributed by atoms with Crippen LogP contribution in [-0.2, 0) is 14.3 Å². The minimum atomic E-state index is -0.802. The molecule has 0 saturated heterocycles. The molecule has 2 heterocycles. The molecule has 0 aliphatic rings. The van der Waals surface area contributed by atoms with Crippen molar-refractivity contribution in [2.45, 2.75) is 46.3 Å². The van der Waals surface area contributed by atoms with E-state index in [0.717, 1.165) is 11.3 Å². The van der Waals surface area contributed by atoms with Crippen LogP contribution in [0.1, 0.15) is 48.5 Å². The van der Waals surface area contributed by atoms with Crippen molar-refractivity contribution in [1.82, 2.24) is 9.55 Å². The van der Waals surface area contributed by atoms with Gasteiger partial charge in [0.2, 0.25) is 0 Å². The molecule has 0 fully saturated rings. The summed E-state index contributed by atoms with van der Waals surface area (Å²) in [4.78, 5) is 41.7. The van der Waals surface area contributed by atoms with E-state index >= 15 is 0 Å². The highest BCUT2D eigenvalue weighted by Crippen LogP contribution is 2.27. The standard InChI is InChI=1S/C16H20N2O5S/c1-6-8(2)23-15(20)10(4)18-7-17-13-11(14(18)19)9(3)12(24-13)16(21)22-5/h7-8,10H,6H2,1-5H3/t8-,10+/m0/s1. The number of aromatic nitrogens is 2. The summed E-state index contributed by atoms with van der Waals surface area (Å²) in [6.07, 6.45) is 1.78. The van der Waals surface area contributed by atoms with E-state index in [1.54, 1.807) is 20.8 Å². The Hall–Kier alpha value is -2.22. The van der Waals surface area contributed by atoms with Crippen LogP contribution < -0.4 is 5.56 Å². The number of fused-ring (bicyclic) bond motifs is 1. The maximum absolute atomic E-state index is 12.7. The van der Waals surface area contributed by atoms with Crippen LogP contribution in [0, 0.1) is 6.92 Å². The maximum atomic E-state index is 12.7. The Bertz CT molecular complexity index is 839. The zero-order chi connectivity index (χ0) is 18.0. The minimum absolute atomic E-state index is 0.221. The SMILES string of the molecule is CC[C@H](C)OC(=O)[C@@H](C)n1cnc2sc(C(=O)OC)c(C)c2c1=O. The van der Waals surface area contributed by atoms with Crippen LogP contribution >= 0.6 is 11.3 Å². The lowest BCUT2D eigenvalue weighted by Crippen LogP contribution is -2.31. The van der Waals surface area contributed by atoms with Crippen LogP contribution in [-0.4, -0.2) is 34.7 Å². The predicted octanol–water partition coefficient (Wildman–Crippen LogP) is 2.46. The van der Waals surface area contributed by atoms with Crippen LogP contribution in [0.4, 0.5) is 0 Å². The van der Waals surface area contributed by atoms with Crippen molar-refractivity contribution < 1.29 is 19.1 Å². The number of aryl methyl sites for hydroxylation is 1. The van der Waals surface area contributed by atoms with Crippen molar-refractivity contribution in [3.63, 3.8) is 0 Å². The monoisotopic (exact) mass is 352 g/mol. The van der Waals surface area contributed by atoms with E-state index in [-0.39, 0.29) is 11.7 Å². The first-order valence-electron chi connectivity index (χ1n) is 7.60. The second-order valence-corrected chi connectivity index (χ2v) is 6.52. The molecule has 2 atom stereocenters. The van der Waals surface area contributed by atoms with Crippen molar-refractivity contribution in [2.75, 3.05) is 7.11 Å². The molecule has 0 amide bonds. The van der Waals surface area contributed by atoms with E-state index < -0.39 is 18.0 Å². The van der Waals surface area contributed by atoms with Crippen molar-refractivity contribution in [2.24, 2.45) is 0 Å². The third-order valence-corrected chi connectivity index (χ3v) is 5.08. The summed E-state index contributed by atoms with van der Waals surface area (Å²) in [6, 6.07) is -0.802. The highest BCUT2D eigenvalue weighted by atomic mass is 32.1. The average molecular weight is 352 g/mol. The molecular weight excluding hydrogens is 332 g/mol. The number of methoxy groups -OCH3 is 1. The summed E-state index contributed by atoms with van der Waals surface area (Å²) < 4.78 is 11.2. The molecule has 0 aromatic carbocycles. The first kappa shape index (κ1) is 18.1. The summed E-state index contributed by atoms with van der Waals surface area (Å²) in [5, 5.41) is 0.325. The lowest BCUT2D eigenvalue weighted by atomic mass is 10.2. The molecule has 24 heavy (non-hydrogen) atoms. The van der Waals surface area contributed by atoms with Gasteiger partial charge < -0.3 is 9.47 Å². The van der Waals surface area contributed by atoms with E-state index in [1.807, 2.05) is 6.92 Å². The molecule has 8 heteroatoms. The van der Waals surface area contributed by atoms with E-state index in [9.17, 15) is 14.4 Å². The van der Waals surface area contributed by atoms with E-state index in [4.69, 9.17) is 9.47 Å². The van der Waals surface area contributed by atoms with Gasteiger partial charge in [-0.2, -0.15) is 0 Å². The molecule has 0 spiro atoms. The molecule has 7 nitrogen and oxygen atoms in total. The lowest BCUT2D eigenvalue weighted by Gasteiger charge is -2.17. The maximum Gasteiger partial charge on any atom is 0.348 e. The van der Waals surface area contributed by atoms with Crippen molar-refractivity contribution in [3.8, 4) is 0 Å². The summed E-state index contributed by atoms with van der Waals surface area (Å²) in [7, 11) is 1.28. The Morgan fingerprint density at radius 2 is 2.04 bits per heavy atom. The fourth-order valence-corrected chi connectivity index (χ4v) is 3.25. The van der Waals surface area contributed by atoms with Gasteiger partial charge in [-0.15, -0.1) is 11.3 Å². The summed E-state index contributed by atoms with van der Waals surface area (Å²) in [5.74, 6) is -1.00. The van der Waals surface area contributed by atoms with Crippen LogP contribution in [0.3, 0.4) is 0 Å².